The smallest absolute Gasteiger partial charge is 0.339 e. The lowest BCUT2D eigenvalue weighted by Crippen LogP contribution is -2.30. The number of carbonyl (C=O) groups is 2. The molecule has 1 aromatic carbocycles. The van der Waals surface area contributed by atoms with Crippen LogP contribution >= 0.6 is 0 Å². The summed E-state index contributed by atoms with van der Waals surface area (Å²) in [4.78, 5) is 31.8. The van der Waals surface area contributed by atoms with Gasteiger partial charge in [-0.1, -0.05) is 12.1 Å². The number of likely N-dealkylation sites (N-methyl/N-ethyl adjacent to an activating group) is 1. The lowest BCUT2D eigenvalue weighted by Gasteiger charge is -2.17. The molecule has 1 aliphatic rings. The predicted molar refractivity (Wildman–Crippen MR) is 124 cm³/mol. The maximum absolute atomic E-state index is 12.9. The van der Waals surface area contributed by atoms with Gasteiger partial charge in [-0.2, -0.15) is 5.10 Å². The number of amides is 1. The van der Waals surface area contributed by atoms with Gasteiger partial charge >= 0.3 is 5.97 Å². The Morgan fingerprint density at radius 3 is 2.58 bits per heavy atom. The number of hydrogen-bond donors (Lipinski definition) is 0. The first kappa shape index (κ1) is 22.8. The summed E-state index contributed by atoms with van der Waals surface area (Å²) in [7, 11) is 1.69. The molecule has 8 nitrogen and oxygen atoms in total. The Kier molecular flexibility index (Phi) is 6.62. The summed E-state index contributed by atoms with van der Waals surface area (Å²) in [6.45, 7) is 6.67. The number of aromatic nitrogens is 3. The van der Waals surface area contributed by atoms with E-state index in [4.69, 9.17) is 14.5 Å². The van der Waals surface area contributed by atoms with Crippen molar-refractivity contribution in [2.45, 2.75) is 52.1 Å². The number of ether oxygens (including phenoxy) is 2. The third-order valence-corrected chi connectivity index (χ3v) is 5.70. The molecule has 4 rings (SSSR count). The van der Waals surface area contributed by atoms with Gasteiger partial charge in [-0.3, -0.25) is 4.79 Å². The van der Waals surface area contributed by atoms with E-state index in [-0.39, 0.29) is 18.6 Å². The van der Waals surface area contributed by atoms with Crippen LogP contribution in [0, 0.1) is 0 Å². The van der Waals surface area contributed by atoms with Crippen LogP contribution in [-0.4, -0.2) is 51.8 Å². The molecule has 0 aliphatic heterocycles. The molecular formula is C25H30N4O4. The van der Waals surface area contributed by atoms with E-state index in [1.807, 2.05) is 49.7 Å². The van der Waals surface area contributed by atoms with E-state index < -0.39 is 5.97 Å². The van der Waals surface area contributed by atoms with E-state index in [2.05, 4.69) is 5.10 Å². The van der Waals surface area contributed by atoms with Gasteiger partial charge in [-0.05, 0) is 57.4 Å². The molecule has 0 spiro atoms. The number of rotatable bonds is 9. The highest BCUT2D eigenvalue weighted by Crippen LogP contribution is 2.40. The summed E-state index contributed by atoms with van der Waals surface area (Å²) in [5.74, 6) is 0.357. The van der Waals surface area contributed by atoms with Crippen molar-refractivity contribution in [2.75, 3.05) is 20.3 Å². The standard InChI is InChI=1S/C25H30N4O4/c1-5-32-19-10-6-17(7-11-19)14-28(4)23(30)15-33-25(31)20-12-22(18-8-9-18)27-24-21(20)13-26-29(24)16(2)3/h6-7,10-13,16,18H,5,8-9,14-15H2,1-4H3. The number of pyridine rings is 1. The van der Waals surface area contributed by atoms with E-state index in [0.29, 0.717) is 35.7 Å². The molecule has 0 bridgehead atoms. The molecule has 0 unspecified atom stereocenters. The van der Waals surface area contributed by atoms with Crippen LogP contribution in [0.3, 0.4) is 0 Å². The highest BCUT2D eigenvalue weighted by atomic mass is 16.5. The molecule has 1 amide bonds. The van der Waals surface area contributed by atoms with Crippen LogP contribution in [0.5, 0.6) is 5.75 Å². The maximum atomic E-state index is 12.9. The van der Waals surface area contributed by atoms with Gasteiger partial charge in [-0.25, -0.2) is 14.5 Å². The van der Waals surface area contributed by atoms with Gasteiger partial charge < -0.3 is 14.4 Å². The highest BCUT2D eigenvalue weighted by molar-refractivity contribution is 6.03. The molecule has 2 aromatic heterocycles. The maximum Gasteiger partial charge on any atom is 0.339 e. The fraction of sp³-hybridized carbons (Fsp3) is 0.440. The Morgan fingerprint density at radius 2 is 1.94 bits per heavy atom. The minimum Gasteiger partial charge on any atom is -0.494 e. The summed E-state index contributed by atoms with van der Waals surface area (Å²) in [5.41, 5.74) is 2.94. The van der Waals surface area contributed by atoms with E-state index in [0.717, 1.165) is 29.8 Å². The number of carbonyl (C=O) groups excluding carboxylic acids is 2. The molecule has 1 fully saturated rings. The Bertz CT molecular complexity index is 1150. The first-order valence-electron chi connectivity index (χ1n) is 11.4. The fourth-order valence-electron chi connectivity index (χ4n) is 3.71. The van der Waals surface area contributed by atoms with E-state index >= 15 is 0 Å². The average Bonchev–Trinajstić information content (AvgIpc) is 3.56. The fourth-order valence-corrected chi connectivity index (χ4v) is 3.71. The highest BCUT2D eigenvalue weighted by Gasteiger charge is 2.29. The molecule has 3 aromatic rings. The Balaban J connectivity index is 1.43. The molecule has 1 aliphatic carbocycles. The molecule has 33 heavy (non-hydrogen) atoms. The summed E-state index contributed by atoms with van der Waals surface area (Å²) in [6, 6.07) is 9.50. The first-order valence-corrected chi connectivity index (χ1v) is 11.4. The number of benzene rings is 1. The number of fused-ring (bicyclic) bond motifs is 1. The van der Waals surface area contributed by atoms with Crippen LogP contribution in [0.25, 0.3) is 11.0 Å². The number of hydrogen-bond acceptors (Lipinski definition) is 6. The van der Waals surface area contributed by atoms with Crippen LogP contribution in [0.1, 0.15) is 67.2 Å². The van der Waals surface area contributed by atoms with Gasteiger partial charge in [0.25, 0.3) is 5.91 Å². The van der Waals surface area contributed by atoms with Gasteiger partial charge in [0.05, 0.1) is 23.8 Å². The second-order valence-electron chi connectivity index (χ2n) is 8.69. The third kappa shape index (κ3) is 5.16. The zero-order chi connectivity index (χ0) is 23.5. The van der Waals surface area contributed by atoms with Crippen molar-refractivity contribution in [2.24, 2.45) is 0 Å². The van der Waals surface area contributed by atoms with Crippen molar-refractivity contribution in [3.05, 3.63) is 53.3 Å². The summed E-state index contributed by atoms with van der Waals surface area (Å²) >= 11 is 0. The molecular weight excluding hydrogens is 420 g/mol. The van der Waals surface area contributed by atoms with E-state index in [1.165, 1.54) is 4.90 Å². The SMILES string of the molecule is CCOc1ccc(CN(C)C(=O)COC(=O)c2cc(C3CC3)nc3c2cnn3C(C)C)cc1. The van der Waals surface area contributed by atoms with Crippen LogP contribution in [0.2, 0.25) is 0 Å². The van der Waals surface area contributed by atoms with Crippen molar-refractivity contribution in [3.63, 3.8) is 0 Å². The van der Waals surface area contributed by atoms with Gasteiger partial charge in [-0.15, -0.1) is 0 Å². The lowest BCUT2D eigenvalue weighted by molar-refractivity contribution is -0.133. The summed E-state index contributed by atoms with van der Waals surface area (Å²) in [5, 5.41) is 5.06. The predicted octanol–water partition coefficient (Wildman–Crippen LogP) is 4.10. The van der Waals surface area contributed by atoms with E-state index in [1.54, 1.807) is 19.3 Å². The number of esters is 1. The van der Waals surface area contributed by atoms with Crippen LogP contribution < -0.4 is 4.74 Å². The Labute approximate surface area is 193 Å². The zero-order valence-electron chi connectivity index (χ0n) is 19.6. The molecule has 0 atom stereocenters. The molecule has 174 valence electrons. The van der Waals surface area contributed by atoms with Gasteiger partial charge in [0, 0.05) is 31.2 Å². The van der Waals surface area contributed by atoms with Crippen molar-refractivity contribution in [1.29, 1.82) is 0 Å². The largest absolute Gasteiger partial charge is 0.494 e. The summed E-state index contributed by atoms with van der Waals surface area (Å²) in [6.07, 6.45) is 3.78. The van der Waals surface area contributed by atoms with Gasteiger partial charge in [0.2, 0.25) is 0 Å². The third-order valence-electron chi connectivity index (χ3n) is 5.70. The lowest BCUT2D eigenvalue weighted by atomic mass is 10.1. The van der Waals surface area contributed by atoms with Crippen molar-refractivity contribution in [3.8, 4) is 5.75 Å². The monoisotopic (exact) mass is 450 g/mol. The van der Waals surface area contributed by atoms with Crippen molar-refractivity contribution < 1.29 is 19.1 Å². The number of nitrogens with zero attached hydrogens (tertiary/aromatic N) is 4. The quantitative estimate of drug-likeness (QED) is 0.456. The van der Waals surface area contributed by atoms with Crippen LogP contribution in [0.4, 0.5) is 0 Å². The normalized spacial score (nSPS) is 13.4. The van der Waals surface area contributed by atoms with Crippen LogP contribution in [-0.2, 0) is 16.1 Å². The Hall–Kier alpha value is -3.42. The molecule has 1 saturated carbocycles. The molecule has 2 heterocycles. The average molecular weight is 451 g/mol. The topological polar surface area (TPSA) is 86.5 Å². The zero-order valence-corrected chi connectivity index (χ0v) is 19.6. The molecule has 0 radical (unpaired) electrons. The molecule has 8 heteroatoms. The van der Waals surface area contributed by atoms with Crippen molar-refractivity contribution >= 4 is 22.9 Å². The molecule has 0 saturated heterocycles. The van der Waals surface area contributed by atoms with Gasteiger partial charge in [0.15, 0.2) is 12.3 Å². The van der Waals surface area contributed by atoms with Gasteiger partial charge in [0.1, 0.15) is 5.75 Å². The first-order chi connectivity index (χ1) is 15.9. The van der Waals surface area contributed by atoms with E-state index in [9.17, 15) is 9.59 Å². The second kappa shape index (κ2) is 9.60. The molecule has 0 N–H and O–H groups in total. The minimum atomic E-state index is -0.532. The summed E-state index contributed by atoms with van der Waals surface area (Å²) < 4.78 is 12.7. The minimum absolute atomic E-state index is 0.117. The van der Waals surface area contributed by atoms with Crippen molar-refractivity contribution in [1.82, 2.24) is 19.7 Å². The van der Waals surface area contributed by atoms with Crippen LogP contribution in [0.15, 0.2) is 36.5 Å². The Morgan fingerprint density at radius 1 is 1.21 bits per heavy atom. The second-order valence-corrected chi connectivity index (χ2v) is 8.69.